The molecule has 2 rings (SSSR count). The highest BCUT2D eigenvalue weighted by atomic mass is 35.5. The zero-order chi connectivity index (χ0) is 9.59. The van der Waals surface area contributed by atoms with Gasteiger partial charge in [-0.15, -0.1) is 0 Å². The van der Waals surface area contributed by atoms with Gasteiger partial charge in [-0.3, -0.25) is 0 Å². The number of halogens is 1. The molecule has 0 saturated heterocycles. The van der Waals surface area contributed by atoms with E-state index in [2.05, 4.69) is 0 Å². The Balaban J connectivity index is 2.97. The summed E-state index contributed by atoms with van der Waals surface area (Å²) in [6.07, 6.45) is 1.97. The number of hydrogen-bond donors (Lipinski definition) is 1. The van der Waals surface area contributed by atoms with Gasteiger partial charge in [0.15, 0.2) is 11.0 Å². The van der Waals surface area contributed by atoms with E-state index >= 15 is 0 Å². The van der Waals surface area contributed by atoms with Crippen LogP contribution in [0.4, 0.5) is 5.69 Å². The summed E-state index contributed by atoms with van der Waals surface area (Å²) in [7, 11) is 3.94. The minimum absolute atomic E-state index is 0.673. The molecule has 0 fully saturated rings. The molecule has 3 nitrogen and oxygen atoms in total. The molecule has 13 heavy (non-hydrogen) atoms. The van der Waals surface area contributed by atoms with Gasteiger partial charge in [0, 0.05) is 11.1 Å². The quantitative estimate of drug-likeness (QED) is 0.500. The van der Waals surface area contributed by atoms with Crippen LogP contribution in [-0.2, 0) is 14.1 Å². The van der Waals surface area contributed by atoms with E-state index in [0.29, 0.717) is 10.7 Å². The van der Waals surface area contributed by atoms with Gasteiger partial charge in [0.1, 0.15) is 0 Å². The Labute approximate surface area is 81.3 Å². The molecule has 0 radical (unpaired) electrons. The van der Waals surface area contributed by atoms with Crippen LogP contribution < -0.4 is 10.3 Å². The molecule has 0 unspecified atom stereocenters. The largest absolute Gasteiger partial charge is 0.395 e. The number of anilines is 1. The van der Waals surface area contributed by atoms with E-state index in [1.54, 1.807) is 6.07 Å². The van der Waals surface area contributed by atoms with Gasteiger partial charge >= 0.3 is 0 Å². The topological polar surface area (TPSA) is 34.8 Å². The van der Waals surface area contributed by atoms with E-state index in [9.17, 15) is 0 Å². The summed E-state index contributed by atoms with van der Waals surface area (Å²) < 4.78 is 3.98. The lowest BCUT2D eigenvalue weighted by Crippen LogP contribution is -2.26. The highest BCUT2D eigenvalue weighted by molar-refractivity contribution is 6.31. The maximum Gasteiger partial charge on any atom is 0.244 e. The van der Waals surface area contributed by atoms with Gasteiger partial charge < -0.3 is 5.73 Å². The lowest BCUT2D eigenvalue weighted by molar-refractivity contribution is -0.645. The fourth-order valence-corrected chi connectivity index (χ4v) is 1.86. The third-order valence-electron chi connectivity index (χ3n) is 2.16. The summed E-state index contributed by atoms with van der Waals surface area (Å²) in [5, 5.41) is 0.673. The van der Waals surface area contributed by atoms with Crippen molar-refractivity contribution in [3.63, 3.8) is 0 Å². The molecule has 1 heterocycles. The van der Waals surface area contributed by atoms with Crippen LogP contribution >= 0.6 is 11.6 Å². The molecule has 0 atom stereocenters. The molecule has 0 amide bonds. The fraction of sp³-hybridized carbons (Fsp3) is 0.222. The lowest BCUT2D eigenvalue weighted by Gasteiger charge is -1.95. The Bertz CT molecular complexity index is 473. The zero-order valence-electron chi connectivity index (χ0n) is 7.58. The Kier molecular flexibility index (Phi) is 1.70. The van der Waals surface area contributed by atoms with Gasteiger partial charge in [0.05, 0.1) is 19.8 Å². The van der Waals surface area contributed by atoms with Crippen LogP contribution in [-0.4, -0.2) is 4.57 Å². The number of nitrogens with two attached hydrogens (primary N) is 1. The second-order valence-corrected chi connectivity index (χ2v) is 3.64. The molecular formula is C9H11ClN3+. The van der Waals surface area contributed by atoms with Crippen LogP contribution in [0.15, 0.2) is 18.5 Å². The van der Waals surface area contributed by atoms with Crippen molar-refractivity contribution < 1.29 is 4.57 Å². The summed E-state index contributed by atoms with van der Waals surface area (Å²) in [6.45, 7) is 0. The minimum atomic E-state index is 0.673. The highest BCUT2D eigenvalue weighted by Crippen LogP contribution is 2.22. The van der Waals surface area contributed by atoms with Crippen molar-refractivity contribution in [2.45, 2.75) is 0 Å². The third-order valence-corrected chi connectivity index (χ3v) is 2.38. The molecule has 0 aliphatic rings. The van der Waals surface area contributed by atoms with Gasteiger partial charge in [-0.25, -0.2) is 9.13 Å². The molecule has 0 saturated carbocycles. The number of nitrogen functional groups attached to an aromatic ring is 1. The van der Waals surface area contributed by atoms with Crippen LogP contribution in [0.3, 0.4) is 0 Å². The standard InChI is InChI=1S/C9H11ClN3/c1-12-5-13(2)9-7(11)3-6(10)4-8(9)12/h3-5H,11H2,1-2H3/q+1. The Morgan fingerprint density at radius 2 is 2.15 bits per heavy atom. The minimum Gasteiger partial charge on any atom is -0.395 e. The first-order valence-corrected chi connectivity index (χ1v) is 4.37. The molecule has 0 aliphatic heterocycles. The maximum absolute atomic E-state index is 5.90. The average molecular weight is 197 g/mol. The average Bonchev–Trinajstić information content (AvgIpc) is 2.27. The van der Waals surface area contributed by atoms with Crippen LogP contribution in [0.25, 0.3) is 11.0 Å². The Morgan fingerprint density at radius 1 is 1.46 bits per heavy atom. The molecule has 1 aromatic heterocycles. The normalized spacial score (nSPS) is 11.0. The Morgan fingerprint density at radius 3 is 2.85 bits per heavy atom. The number of hydrogen-bond acceptors (Lipinski definition) is 1. The number of fused-ring (bicyclic) bond motifs is 1. The van der Waals surface area contributed by atoms with E-state index in [4.69, 9.17) is 17.3 Å². The fourth-order valence-electron chi connectivity index (χ4n) is 1.64. The van der Waals surface area contributed by atoms with Crippen molar-refractivity contribution in [1.82, 2.24) is 4.57 Å². The van der Waals surface area contributed by atoms with Crippen molar-refractivity contribution in [3.8, 4) is 0 Å². The molecule has 0 aliphatic carbocycles. The number of rotatable bonds is 0. The van der Waals surface area contributed by atoms with Crippen molar-refractivity contribution in [3.05, 3.63) is 23.5 Å². The molecule has 2 aromatic rings. The summed E-state index contributed by atoms with van der Waals surface area (Å²) in [5.74, 6) is 0. The summed E-state index contributed by atoms with van der Waals surface area (Å²) >= 11 is 5.90. The third kappa shape index (κ3) is 1.16. The number of aromatic nitrogens is 2. The molecule has 0 spiro atoms. The first-order chi connectivity index (χ1) is 6.09. The molecule has 68 valence electrons. The molecule has 0 bridgehead atoms. The number of nitrogens with zero attached hydrogens (tertiary/aromatic N) is 2. The molecular weight excluding hydrogens is 186 g/mol. The van der Waals surface area contributed by atoms with Crippen molar-refractivity contribution >= 4 is 28.3 Å². The Hall–Kier alpha value is -1.22. The highest BCUT2D eigenvalue weighted by Gasteiger charge is 2.13. The second kappa shape index (κ2) is 2.64. The smallest absolute Gasteiger partial charge is 0.244 e. The first-order valence-electron chi connectivity index (χ1n) is 3.99. The molecule has 4 heteroatoms. The van der Waals surface area contributed by atoms with Crippen molar-refractivity contribution in [2.24, 2.45) is 14.1 Å². The van der Waals surface area contributed by atoms with E-state index in [1.165, 1.54) is 0 Å². The zero-order valence-corrected chi connectivity index (χ0v) is 8.34. The van der Waals surface area contributed by atoms with E-state index in [1.807, 2.05) is 35.6 Å². The monoisotopic (exact) mass is 196 g/mol. The van der Waals surface area contributed by atoms with Crippen LogP contribution in [0.1, 0.15) is 0 Å². The van der Waals surface area contributed by atoms with Gasteiger partial charge in [0.25, 0.3) is 0 Å². The number of benzene rings is 1. The van der Waals surface area contributed by atoms with E-state index < -0.39 is 0 Å². The predicted molar refractivity (Wildman–Crippen MR) is 53.5 cm³/mol. The molecule has 2 N–H and O–H groups in total. The van der Waals surface area contributed by atoms with Gasteiger partial charge in [0.2, 0.25) is 6.33 Å². The van der Waals surface area contributed by atoms with Crippen LogP contribution in [0.5, 0.6) is 0 Å². The van der Waals surface area contributed by atoms with Gasteiger partial charge in [-0.2, -0.15) is 0 Å². The van der Waals surface area contributed by atoms with Crippen molar-refractivity contribution in [2.75, 3.05) is 5.73 Å². The number of aryl methyl sites for hydroxylation is 2. The van der Waals surface area contributed by atoms with Crippen molar-refractivity contribution in [1.29, 1.82) is 0 Å². The summed E-state index contributed by atoms with van der Waals surface area (Å²) in [5.41, 5.74) is 8.64. The van der Waals surface area contributed by atoms with E-state index in [-0.39, 0.29) is 0 Å². The maximum atomic E-state index is 5.90. The summed E-state index contributed by atoms with van der Waals surface area (Å²) in [6, 6.07) is 3.68. The predicted octanol–water partition coefficient (Wildman–Crippen LogP) is 1.24. The number of imidazole rings is 1. The van der Waals surface area contributed by atoms with Crippen LogP contribution in [0.2, 0.25) is 5.02 Å². The van der Waals surface area contributed by atoms with Crippen LogP contribution in [0, 0.1) is 0 Å². The lowest BCUT2D eigenvalue weighted by atomic mass is 10.2. The van der Waals surface area contributed by atoms with E-state index in [0.717, 1.165) is 11.0 Å². The second-order valence-electron chi connectivity index (χ2n) is 3.20. The van der Waals surface area contributed by atoms with Gasteiger partial charge in [-0.05, 0) is 6.07 Å². The molecule has 1 aromatic carbocycles. The van der Waals surface area contributed by atoms with Gasteiger partial charge in [-0.1, -0.05) is 11.6 Å². The first kappa shape index (κ1) is 8.38. The summed E-state index contributed by atoms with van der Waals surface area (Å²) in [4.78, 5) is 0. The SMILES string of the molecule is Cn1c[n+](C)c2c(N)cc(Cl)cc21.